The number of aromatic nitrogens is 1. The Morgan fingerprint density at radius 3 is 2.80 bits per heavy atom. The van der Waals surface area contributed by atoms with Gasteiger partial charge in [-0.05, 0) is 25.3 Å². The van der Waals surface area contributed by atoms with Crippen LogP contribution in [-0.2, 0) is 6.42 Å². The highest BCUT2D eigenvalue weighted by Gasteiger charge is 2.44. The summed E-state index contributed by atoms with van der Waals surface area (Å²) in [6, 6.07) is 1.21. The van der Waals surface area contributed by atoms with Gasteiger partial charge in [-0.2, -0.15) is 13.2 Å². The van der Waals surface area contributed by atoms with E-state index in [4.69, 9.17) is 0 Å². The summed E-state index contributed by atoms with van der Waals surface area (Å²) in [5, 5.41) is 9.45. The maximum Gasteiger partial charge on any atom is 0.395 e. The third-order valence-electron chi connectivity index (χ3n) is 2.70. The van der Waals surface area contributed by atoms with Gasteiger partial charge in [0.2, 0.25) is 0 Å². The fourth-order valence-corrected chi connectivity index (χ4v) is 2.03. The largest absolute Gasteiger partial charge is 0.508 e. The molecule has 1 aliphatic carbocycles. The minimum absolute atomic E-state index is 0.0312. The fraction of sp³-hybridized carbons (Fsp3) is 0.500. The first kappa shape index (κ1) is 10.3. The molecule has 0 unspecified atom stereocenters. The lowest BCUT2D eigenvalue weighted by molar-refractivity contribution is -0.153. The maximum atomic E-state index is 12.7. The van der Waals surface area contributed by atoms with Gasteiger partial charge in [0.05, 0.1) is 5.92 Å². The Hall–Kier alpha value is -1.26. The van der Waals surface area contributed by atoms with Crippen molar-refractivity contribution in [2.24, 2.45) is 0 Å². The van der Waals surface area contributed by atoms with Crippen molar-refractivity contribution in [1.29, 1.82) is 0 Å². The Bertz CT molecular complexity index is 375. The van der Waals surface area contributed by atoms with Crippen molar-refractivity contribution in [3.63, 3.8) is 0 Å². The van der Waals surface area contributed by atoms with Gasteiger partial charge in [-0.3, -0.25) is 4.98 Å². The number of hydrogen-bond donors (Lipinski definition) is 1. The lowest BCUT2D eigenvalue weighted by Crippen LogP contribution is -2.25. The first-order valence-corrected chi connectivity index (χ1v) is 4.73. The summed E-state index contributed by atoms with van der Waals surface area (Å²) in [6.07, 6.45) is -1.94. The molecule has 0 saturated heterocycles. The minimum atomic E-state index is -4.30. The lowest BCUT2D eigenvalue weighted by Gasteiger charge is -2.27. The van der Waals surface area contributed by atoms with Gasteiger partial charge in [0.1, 0.15) is 5.75 Å². The zero-order valence-electron chi connectivity index (χ0n) is 7.88. The number of alkyl halides is 3. The molecule has 0 aliphatic heterocycles. The van der Waals surface area contributed by atoms with Crippen LogP contribution in [0, 0.1) is 0 Å². The Balaban J connectivity index is 2.50. The summed E-state index contributed by atoms with van der Waals surface area (Å²) < 4.78 is 38.0. The van der Waals surface area contributed by atoms with Gasteiger partial charge >= 0.3 is 6.18 Å². The van der Waals surface area contributed by atoms with Crippen molar-refractivity contribution in [3.05, 3.63) is 23.5 Å². The average molecular weight is 217 g/mol. The second kappa shape index (κ2) is 3.40. The van der Waals surface area contributed by atoms with Crippen LogP contribution in [-0.4, -0.2) is 16.3 Å². The minimum Gasteiger partial charge on any atom is -0.508 e. The molecule has 1 aliphatic rings. The highest BCUT2D eigenvalue weighted by Crippen LogP contribution is 2.45. The molecule has 82 valence electrons. The highest BCUT2D eigenvalue weighted by molar-refractivity contribution is 5.40. The van der Waals surface area contributed by atoms with Crippen molar-refractivity contribution >= 4 is 0 Å². The van der Waals surface area contributed by atoms with E-state index in [1.54, 1.807) is 0 Å². The van der Waals surface area contributed by atoms with Crippen molar-refractivity contribution < 1.29 is 18.3 Å². The first-order valence-electron chi connectivity index (χ1n) is 4.73. The van der Waals surface area contributed by atoms with E-state index in [1.807, 2.05) is 0 Å². The van der Waals surface area contributed by atoms with Crippen LogP contribution in [0.2, 0.25) is 0 Å². The van der Waals surface area contributed by atoms with Crippen LogP contribution in [0.25, 0.3) is 0 Å². The quantitative estimate of drug-likeness (QED) is 0.724. The number of rotatable bonds is 0. The Kier molecular flexibility index (Phi) is 2.32. The van der Waals surface area contributed by atoms with Crippen molar-refractivity contribution in [2.75, 3.05) is 0 Å². The topological polar surface area (TPSA) is 33.1 Å². The third kappa shape index (κ3) is 1.78. The molecule has 1 N–H and O–H groups in total. The van der Waals surface area contributed by atoms with Crippen LogP contribution in [0.15, 0.2) is 12.3 Å². The predicted molar refractivity (Wildman–Crippen MR) is 47.6 cm³/mol. The van der Waals surface area contributed by atoms with Gasteiger partial charge in [0.15, 0.2) is 0 Å². The summed E-state index contributed by atoms with van der Waals surface area (Å²) in [5.41, 5.74) is 0.347. The van der Waals surface area contributed by atoms with Gasteiger partial charge in [0.25, 0.3) is 0 Å². The molecular formula is C10H10F3NO. The summed E-state index contributed by atoms with van der Waals surface area (Å²) in [7, 11) is 0. The third-order valence-corrected chi connectivity index (χ3v) is 2.70. The number of aryl methyl sites for hydroxylation is 1. The summed E-state index contributed by atoms with van der Waals surface area (Å²) >= 11 is 0. The van der Waals surface area contributed by atoms with Crippen LogP contribution >= 0.6 is 0 Å². The standard InChI is InChI=1S/C10H10F3NO/c11-10(12,13)6-2-1-3-7-9(6)8(15)4-5-14-7/h4-6H,1-3H2,(H,14,15)/t6-/m0/s1. The van der Waals surface area contributed by atoms with Crippen LogP contribution in [0.3, 0.4) is 0 Å². The monoisotopic (exact) mass is 217 g/mol. The van der Waals surface area contributed by atoms with Gasteiger partial charge in [-0.25, -0.2) is 0 Å². The Morgan fingerprint density at radius 2 is 2.13 bits per heavy atom. The maximum absolute atomic E-state index is 12.7. The molecular weight excluding hydrogens is 207 g/mol. The molecule has 0 spiro atoms. The van der Waals surface area contributed by atoms with E-state index in [0.29, 0.717) is 18.5 Å². The fourth-order valence-electron chi connectivity index (χ4n) is 2.03. The Labute approximate surface area is 84.8 Å². The molecule has 0 aromatic carbocycles. The van der Waals surface area contributed by atoms with E-state index in [9.17, 15) is 18.3 Å². The number of hydrogen-bond acceptors (Lipinski definition) is 2. The van der Waals surface area contributed by atoms with Gasteiger partial charge in [0, 0.05) is 17.5 Å². The average Bonchev–Trinajstić information content (AvgIpc) is 2.16. The molecule has 1 aromatic rings. The van der Waals surface area contributed by atoms with Crippen LogP contribution in [0.5, 0.6) is 5.75 Å². The molecule has 0 fully saturated rings. The number of fused-ring (bicyclic) bond motifs is 1. The molecule has 15 heavy (non-hydrogen) atoms. The molecule has 0 amide bonds. The molecule has 0 saturated carbocycles. The van der Waals surface area contributed by atoms with E-state index in [-0.39, 0.29) is 17.7 Å². The van der Waals surface area contributed by atoms with Crippen LogP contribution < -0.4 is 0 Å². The summed E-state index contributed by atoms with van der Waals surface area (Å²) in [5.74, 6) is -1.85. The van der Waals surface area contributed by atoms with E-state index in [0.717, 1.165) is 0 Å². The summed E-state index contributed by atoms with van der Waals surface area (Å²) in [6.45, 7) is 0. The van der Waals surface area contributed by atoms with E-state index < -0.39 is 12.1 Å². The Morgan fingerprint density at radius 1 is 1.40 bits per heavy atom. The molecule has 2 rings (SSSR count). The molecule has 2 nitrogen and oxygen atoms in total. The highest BCUT2D eigenvalue weighted by atomic mass is 19.4. The van der Waals surface area contributed by atoms with Gasteiger partial charge in [-0.15, -0.1) is 0 Å². The normalized spacial score (nSPS) is 21.1. The van der Waals surface area contributed by atoms with Crippen molar-refractivity contribution in [1.82, 2.24) is 4.98 Å². The molecule has 0 bridgehead atoms. The first-order chi connectivity index (χ1) is 7.00. The van der Waals surface area contributed by atoms with Crippen LogP contribution in [0.4, 0.5) is 13.2 Å². The van der Waals surface area contributed by atoms with E-state index in [1.165, 1.54) is 12.3 Å². The van der Waals surface area contributed by atoms with E-state index >= 15 is 0 Å². The van der Waals surface area contributed by atoms with Gasteiger partial charge in [-0.1, -0.05) is 0 Å². The lowest BCUT2D eigenvalue weighted by atomic mass is 9.84. The van der Waals surface area contributed by atoms with Crippen LogP contribution in [0.1, 0.15) is 30.0 Å². The van der Waals surface area contributed by atoms with Gasteiger partial charge < -0.3 is 5.11 Å². The second-order valence-electron chi connectivity index (χ2n) is 3.68. The zero-order valence-corrected chi connectivity index (χ0v) is 7.88. The van der Waals surface area contributed by atoms with E-state index in [2.05, 4.69) is 4.98 Å². The van der Waals surface area contributed by atoms with Crippen molar-refractivity contribution in [2.45, 2.75) is 31.4 Å². The number of nitrogens with zero attached hydrogens (tertiary/aromatic N) is 1. The predicted octanol–water partition coefficient (Wildman–Crippen LogP) is 2.77. The SMILES string of the molecule is Oc1ccnc2c1[C@@H](C(F)(F)F)CCC2. The molecule has 1 aromatic heterocycles. The molecule has 5 heteroatoms. The zero-order chi connectivity index (χ0) is 11.1. The molecule has 0 radical (unpaired) electrons. The molecule has 1 heterocycles. The molecule has 1 atom stereocenters. The number of halogens is 3. The van der Waals surface area contributed by atoms with Crippen molar-refractivity contribution in [3.8, 4) is 5.75 Å². The summed E-state index contributed by atoms with van der Waals surface area (Å²) in [4.78, 5) is 3.88. The smallest absolute Gasteiger partial charge is 0.395 e. The second-order valence-corrected chi connectivity index (χ2v) is 3.68. The number of aromatic hydroxyl groups is 1. The number of pyridine rings is 1.